The molecule has 0 radical (unpaired) electrons. The van der Waals surface area contributed by atoms with Crippen LogP contribution >= 0.6 is 0 Å². The summed E-state index contributed by atoms with van der Waals surface area (Å²) in [6.07, 6.45) is 10.6. The van der Waals surface area contributed by atoms with Crippen LogP contribution in [0.4, 0.5) is 8.78 Å². The van der Waals surface area contributed by atoms with E-state index in [-0.39, 0.29) is 12.0 Å². The topological polar surface area (TPSA) is 27.7 Å². The minimum atomic E-state index is -1.08. The van der Waals surface area contributed by atoms with Gasteiger partial charge in [0, 0.05) is 20.1 Å². The number of rotatable bonds is 16. The van der Waals surface area contributed by atoms with Gasteiger partial charge in [-0.3, -0.25) is 0 Å². The molecule has 0 amide bonds. The van der Waals surface area contributed by atoms with E-state index in [1.54, 1.807) is 20.3 Å². The van der Waals surface area contributed by atoms with Crippen molar-refractivity contribution in [3.8, 4) is 0 Å². The van der Waals surface area contributed by atoms with Crippen molar-refractivity contribution in [2.45, 2.75) is 97.1 Å². The first-order valence-electron chi connectivity index (χ1n) is 11.1. The molecular weight excluding hydrogens is 374 g/mol. The molecule has 29 heavy (non-hydrogen) atoms. The smallest absolute Gasteiger partial charge is 0.285 e. The lowest BCUT2D eigenvalue weighted by Gasteiger charge is -2.39. The highest BCUT2D eigenvalue weighted by molar-refractivity contribution is 5.17. The summed E-state index contributed by atoms with van der Waals surface area (Å²) in [5.41, 5.74) is 0.799. The summed E-state index contributed by atoms with van der Waals surface area (Å²) in [5.74, 6) is -2.61. The third-order valence-electron chi connectivity index (χ3n) is 5.38. The van der Waals surface area contributed by atoms with E-state index in [4.69, 9.17) is 14.2 Å². The third kappa shape index (κ3) is 9.10. The van der Waals surface area contributed by atoms with E-state index in [1.807, 2.05) is 13.8 Å². The molecule has 0 heterocycles. The molecule has 1 aromatic carbocycles. The van der Waals surface area contributed by atoms with E-state index in [2.05, 4.69) is 6.92 Å². The van der Waals surface area contributed by atoms with Gasteiger partial charge in [-0.15, -0.1) is 0 Å². The monoisotopic (exact) mass is 414 g/mol. The Morgan fingerprint density at radius 1 is 0.862 bits per heavy atom. The second kappa shape index (κ2) is 14.1. The summed E-state index contributed by atoms with van der Waals surface area (Å²) in [6, 6.07) is 4.11. The molecule has 0 saturated carbocycles. The van der Waals surface area contributed by atoms with Gasteiger partial charge >= 0.3 is 0 Å². The van der Waals surface area contributed by atoms with Crippen LogP contribution in [0.2, 0.25) is 0 Å². The van der Waals surface area contributed by atoms with Gasteiger partial charge in [0.25, 0.3) is 5.97 Å². The molecule has 0 bridgehead atoms. The zero-order chi connectivity index (χ0) is 21.7. The first-order valence-corrected chi connectivity index (χ1v) is 11.1. The lowest BCUT2D eigenvalue weighted by molar-refractivity contribution is -0.399. The van der Waals surface area contributed by atoms with Crippen molar-refractivity contribution in [2.75, 3.05) is 14.2 Å². The highest BCUT2D eigenvalue weighted by Crippen LogP contribution is 2.34. The van der Waals surface area contributed by atoms with Gasteiger partial charge in [-0.25, -0.2) is 8.78 Å². The molecule has 1 rings (SSSR count). The number of benzene rings is 1. The van der Waals surface area contributed by atoms with E-state index >= 15 is 0 Å². The van der Waals surface area contributed by atoms with Crippen molar-refractivity contribution in [3.05, 3.63) is 35.4 Å². The average molecular weight is 415 g/mol. The minimum Gasteiger partial charge on any atom is -0.331 e. The van der Waals surface area contributed by atoms with Crippen molar-refractivity contribution in [2.24, 2.45) is 5.92 Å². The van der Waals surface area contributed by atoms with Gasteiger partial charge in [-0.05, 0) is 57.2 Å². The molecule has 5 heteroatoms. The van der Waals surface area contributed by atoms with Crippen molar-refractivity contribution >= 4 is 0 Å². The Morgan fingerprint density at radius 3 is 2.07 bits per heavy atom. The maximum absolute atomic E-state index is 13.5. The number of unbranched alkanes of at least 4 members (excludes halogenated alkanes) is 5. The van der Waals surface area contributed by atoms with E-state index in [0.29, 0.717) is 6.42 Å². The second-order valence-corrected chi connectivity index (χ2v) is 8.07. The van der Waals surface area contributed by atoms with Gasteiger partial charge in [0.1, 0.15) is 0 Å². The average Bonchev–Trinajstić information content (AvgIpc) is 2.70. The molecule has 0 spiro atoms. The number of hydrogen-bond acceptors (Lipinski definition) is 3. The zero-order valence-corrected chi connectivity index (χ0v) is 18.9. The second-order valence-electron chi connectivity index (χ2n) is 8.07. The van der Waals surface area contributed by atoms with Crippen molar-refractivity contribution in [3.63, 3.8) is 0 Å². The molecule has 0 fully saturated rings. The zero-order valence-electron chi connectivity index (χ0n) is 18.9. The summed E-state index contributed by atoms with van der Waals surface area (Å²) < 4.78 is 44.2. The molecule has 0 aliphatic heterocycles. The van der Waals surface area contributed by atoms with Crippen LogP contribution in [-0.2, 0) is 20.6 Å². The Kier molecular flexibility index (Phi) is 12.6. The van der Waals surface area contributed by atoms with Crippen LogP contribution in [0, 0.1) is 17.6 Å². The predicted octanol–water partition coefficient (Wildman–Crippen LogP) is 7.03. The van der Waals surface area contributed by atoms with Gasteiger partial charge in [0.05, 0.1) is 6.10 Å². The normalized spacial score (nSPS) is 13.2. The van der Waals surface area contributed by atoms with Crippen LogP contribution in [0.3, 0.4) is 0 Å². The summed E-state index contributed by atoms with van der Waals surface area (Å²) in [7, 11) is 3.24. The first-order chi connectivity index (χ1) is 13.9. The summed E-state index contributed by atoms with van der Waals surface area (Å²) in [4.78, 5) is 0. The van der Waals surface area contributed by atoms with Crippen LogP contribution in [0.25, 0.3) is 0 Å². The van der Waals surface area contributed by atoms with Crippen molar-refractivity contribution < 1.29 is 23.0 Å². The van der Waals surface area contributed by atoms with Crippen LogP contribution < -0.4 is 0 Å². The minimum absolute atomic E-state index is 0.0341. The fourth-order valence-corrected chi connectivity index (χ4v) is 3.85. The summed E-state index contributed by atoms with van der Waals surface area (Å²) in [5, 5.41) is 0. The number of halogens is 2. The third-order valence-corrected chi connectivity index (χ3v) is 5.38. The number of methoxy groups -OCH3 is 2. The maximum Gasteiger partial charge on any atom is 0.285 e. The Morgan fingerprint density at radius 2 is 1.48 bits per heavy atom. The van der Waals surface area contributed by atoms with Gasteiger partial charge in [-0.2, -0.15) is 0 Å². The molecule has 168 valence electrons. The van der Waals surface area contributed by atoms with Gasteiger partial charge in [0.15, 0.2) is 11.6 Å². The Balaban J connectivity index is 2.72. The Bertz CT molecular complexity index is 559. The standard InChI is InChI=1S/C24H40F2O3/c1-6-7-8-9-10-11-14-21(24(27-4,28-5)29-19(2)3)15-12-13-20-16-17-22(25)23(26)18-20/h16-19,21H,6-15H2,1-5H3. The number of hydrogen-bond donors (Lipinski definition) is 0. The highest BCUT2D eigenvalue weighted by Gasteiger charge is 2.41. The lowest BCUT2D eigenvalue weighted by atomic mass is 9.91. The molecule has 1 atom stereocenters. The molecule has 0 saturated heterocycles. The maximum atomic E-state index is 13.5. The van der Waals surface area contributed by atoms with Gasteiger partial charge in [-0.1, -0.05) is 51.5 Å². The van der Waals surface area contributed by atoms with Gasteiger partial charge in [0.2, 0.25) is 0 Å². The van der Waals surface area contributed by atoms with Crippen LogP contribution in [0.1, 0.15) is 84.1 Å². The molecule has 1 aromatic rings. The Hall–Kier alpha value is -1.04. The van der Waals surface area contributed by atoms with E-state index in [1.165, 1.54) is 44.2 Å². The fraction of sp³-hybridized carbons (Fsp3) is 0.750. The molecule has 1 unspecified atom stereocenters. The van der Waals surface area contributed by atoms with Gasteiger partial charge < -0.3 is 14.2 Å². The number of ether oxygens (including phenoxy) is 3. The van der Waals surface area contributed by atoms with Crippen molar-refractivity contribution in [1.29, 1.82) is 0 Å². The molecule has 0 aliphatic carbocycles. The van der Waals surface area contributed by atoms with Crippen molar-refractivity contribution in [1.82, 2.24) is 0 Å². The van der Waals surface area contributed by atoms with E-state index in [0.717, 1.165) is 31.2 Å². The van der Waals surface area contributed by atoms with E-state index < -0.39 is 17.6 Å². The Labute approximate surface area is 176 Å². The quantitative estimate of drug-likeness (QED) is 0.215. The van der Waals surface area contributed by atoms with Crippen LogP contribution in [0.15, 0.2) is 18.2 Å². The first kappa shape index (κ1) is 26.0. The number of aryl methyl sites for hydroxylation is 1. The highest BCUT2D eigenvalue weighted by atomic mass is 19.2. The predicted molar refractivity (Wildman–Crippen MR) is 114 cm³/mol. The molecule has 0 aliphatic rings. The SMILES string of the molecule is CCCCCCCCC(CCCc1ccc(F)c(F)c1)C(OC)(OC)OC(C)C. The molecule has 0 aromatic heterocycles. The van der Waals surface area contributed by atoms with E-state index in [9.17, 15) is 8.78 Å². The fourth-order valence-electron chi connectivity index (χ4n) is 3.85. The largest absolute Gasteiger partial charge is 0.331 e. The van der Waals surface area contributed by atoms with Crippen LogP contribution in [-0.4, -0.2) is 26.3 Å². The summed E-state index contributed by atoms with van der Waals surface area (Å²) in [6.45, 7) is 6.16. The summed E-state index contributed by atoms with van der Waals surface area (Å²) >= 11 is 0. The van der Waals surface area contributed by atoms with Crippen LogP contribution in [0.5, 0.6) is 0 Å². The molecule has 0 N–H and O–H groups in total. The molecule has 3 nitrogen and oxygen atoms in total. The lowest BCUT2D eigenvalue weighted by Crippen LogP contribution is -2.46. The molecular formula is C24H40F2O3.